The second kappa shape index (κ2) is 3.96. The van der Waals surface area contributed by atoms with E-state index in [2.05, 4.69) is 25.7 Å². The molecule has 3 nitrogen and oxygen atoms in total. The van der Waals surface area contributed by atoms with E-state index in [1.54, 1.807) is 0 Å². The molecule has 0 atom stereocenters. The van der Waals surface area contributed by atoms with Gasteiger partial charge in [0.05, 0.1) is 5.75 Å². The Morgan fingerprint density at radius 3 is 2.23 bits per heavy atom. The second-order valence-corrected chi connectivity index (χ2v) is 6.17. The zero-order chi connectivity index (χ0) is 10.1. The van der Waals surface area contributed by atoms with Gasteiger partial charge in [0.25, 0.3) is 0 Å². The van der Waals surface area contributed by atoms with Crippen LogP contribution < -0.4 is 0 Å². The molecule has 0 radical (unpaired) electrons. The number of thiol groups is 1. The van der Waals surface area contributed by atoms with Crippen molar-refractivity contribution in [2.75, 3.05) is 25.4 Å². The third kappa shape index (κ3) is 4.09. The van der Waals surface area contributed by atoms with E-state index in [0.717, 1.165) is 19.6 Å². The minimum atomic E-state index is -2.17. The van der Waals surface area contributed by atoms with Crippen LogP contribution in [0.5, 0.6) is 0 Å². The van der Waals surface area contributed by atoms with Crippen LogP contribution in [0.1, 0.15) is 20.8 Å². The summed E-state index contributed by atoms with van der Waals surface area (Å²) < 4.78 is 20.8. The highest BCUT2D eigenvalue weighted by Crippen LogP contribution is 2.22. The molecule has 1 fully saturated rings. The molecule has 0 N–H and O–H groups in total. The summed E-state index contributed by atoms with van der Waals surface area (Å²) in [6, 6.07) is 0. The molecular weight excluding hydrogens is 186 g/mol. The highest BCUT2D eigenvalue weighted by molar-refractivity contribution is 7.72. The van der Waals surface area contributed by atoms with E-state index in [4.69, 9.17) is 0 Å². The molecule has 1 aliphatic rings. The normalized spacial score (nSPS) is 20.6. The van der Waals surface area contributed by atoms with Gasteiger partial charge in [-0.3, -0.25) is 0 Å². The van der Waals surface area contributed by atoms with Crippen molar-refractivity contribution in [2.45, 2.75) is 20.8 Å². The third-order valence-electron chi connectivity index (χ3n) is 2.14. The van der Waals surface area contributed by atoms with Crippen LogP contribution in [0.3, 0.4) is 0 Å². The Morgan fingerprint density at radius 1 is 1.31 bits per heavy atom. The van der Waals surface area contributed by atoms with Crippen LogP contribution in [0.15, 0.2) is 0 Å². The predicted molar refractivity (Wildman–Crippen MR) is 54.6 cm³/mol. The van der Waals surface area contributed by atoms with Crippen molar-refractivity contribution in [2.24, 2.45) is 11.3 Å². The van der Waals surface area contributed by atoms with Crippen LogP contribution in [0.2, 0.25) is 0 Å². The standard InChI is InChI=1S/C9H19NO2S/c1-9(2,3)7-10-4-8(5-10)6-13(11)12/h8,13H,4-7H2,1-3H3. The SMILES string of the molecule is CC(C)(C)CN1CC(C[SH](=O)=O)C1. The van der Waals surface area contributed by atoms with Crippen LogP contribution in [0, 0.1) is 11.3 Å². The monoisotopic (exact) mass is 205 g/mol. The Labute approximate surface area is 82.1 Å². The number of nitrogens with zero attached hydrogens (tertiary/aromatic N) is 1. The Bertz CT molecular complexity index is 228. The van der Waals surface area contributed by atoms with Crippen molar-refractivity contribution in [1.29, 1.82) is 0 Å². The highest BCUT2D eigenvalue weighted by atomic mass is 32.2. The van der Waals surface area contributed by atoms with Crippen molar-refractivity contribution in [1.82, 2.24) is 4.90 Å². The summed E-state index contributed by atoms with van der Waals surface area (Å²) in [7, 11) is -2.17. The molecule has 0 aromatic heterocycles. The van der Waals surface area contributed by atoms with Crippen LogP contribution in [-0.4, -0.2) is 38.7 Å². The number of hydrogen-bond acceptors (Lipinski definition) is 3. The average molecular weight is 205 g/mol. The van der Waals surface area contributed by atoms with Crippen molar-refractivity contribution in [3.63, 3.8) is 0 Å². The summed E-state index contributed by atoms with van der Waals surface area (Å²) in [5.41, 5.74) is 0.324. The Balaban J connectivity index is 2.19. The minimum Gasteiger partial charge on any atom is -0.302 e. The molecule has 1 heterocycles. The largest absolute Gasteiger partial charge is 0.302 e. The summed E-state index contributed by atoms with van der Waals surface area (Å²) >= 11 is 0. The van der Waals surface area contributed by atoms with E-state index >= 15 is 0 Å². The zero-order valence-corrected chi connectivity index (χ0v) is 9.51. The molecule has 0 aliphatic carbocycles. The Kier molecular flexibility index (Phi) is 3.35. The van der Waals surface area contributed by atoms with Crippen LogP contribution >= 0.6 is 0 Å². The number of rotatable bonds is 3. The molecule has 0 aromatic rings. The Hall–Kier alpha value is -0.0900. The lowest BCUT2D eigenvalue weighted by atomic mass is 9.92. The second-order valence-electron chi connectivity index (χ2n) is 5.14. The first kappa shape index (κ1) is 11.0. The van der Waals surface area contributed by atoms with Gasteiger partial charge in [-0.1, -0.05) is 20.8 Å². The first-order valence-electron chi connectivity index (χ1n) is 4.71. The molecule has 1 saturated heterocycles. The summed E-state index contributed by atoms with van der Waals surface area (Å²) in [5.74, 6) is 0.763. The van der Waals surface area contributed by atoms with Crippen molar-refractivity contribution in [3.8, 4) is 0 Å². The van der Waals surface area contributed by atoms with Gasteiger partial charge in [0.15, 0.2) is 0 Å². The molecule has 1 aliphatic heterocycles. The van der Waals surface area contributed by atoms with Crippen molar-refractivity contribution < 1.29 is 8.42 Å². The fraction of sp³-hybridized carbons (Fsp3) is 1.00. The van der Waals surface area contributed by atoms with E-state index in [1.165, 1.54) is 0 Å². The Morgan fingerprint density at radius 2 is 1.85 bits per heavy atom. The maximum atomic E-state index is 10.4. The summed E-state index contributed by atoms with van der Waals surface area (Å²) in [6.45, 7) is 9.59. The topological polar surface area (TPSA) is 37.4 Å². The molecule has 78 valence electrons. The van der Waals surface area contributed by atoms with Gasteiger partial charge in [-0.05, 0) is 11.3 Å². The van der Waals surface area contributed by atoms with E-state index in [1.807, 2.05) is 0 Å². The molecule has 1 rings (SSSR count). The summed E-state index contributed by atoms with van der Waals surface area (Å²) in [6.07, 6.45) is 0. The third-order valence-corrected chi connectivity index (χ3v) is 2.95. The fourth-order valence-electron chi connectivity index (χ4n) is 1.80. The van der Waals surface area contributed by atoms with Gasteiger partial charge < -0.3 is 4.90 Å². The molecule has 0 saturated carbocycles. The average Bonchev–Trinajstić information content (AvgIpc) is 1.78. The highest BCUT2D eigenvalue weighted by Gasteiger charge is 2.29. The number of hydrogen-bond donors (Lipinski definition) is 1. The summed E-state index contributed by atoms with van der Waals surface area (Å²) in [4.78, 5) is 2.32. The molecule has 0 amide bonds. The quantitative estimate of drug-likeness (QED) is 0.685. The molecular formula is C9H19NO2S. The van der Waals surface area contributed by atoms with Crippen LogP contribution in [-0.2, 0) is 10.7 Å². The molecule has 4 heteroatoms. The van der Waals surface area contributed by atoms with Gasteiger partial charge in [-0.2, -0.15) is 0 Å². The van der Waals surface area contributed by atoms with Crippen LogP contribution in [0.25, 0.3) is 0 Å². The summed E-state index contributed by atoms with van der Waals surface area (Å²) in [5, 5.41) is 0. The first-order valence-corrected chi connectivity index (χ1v) is 6.07. The fourth-order valence-corrected chi connectivity index (χ4v) is 2.46. The van der Waals surface area contributed by atoms with E-state index in [-0.39, 0.29) is 0 Å². The lowest BCUT2D eigenvalue weighted by molar-refractivity contribution is 0.0755. The van der Waals surface area contributed by atoms with Gasteiger partial charge in [0, 0.05) is 19.6 Å². The van der Waals surface area contributed by atoms with E-state index in [0.29, 0.717) is 17.1 Å². The van der Waals surface area contributed by atoms with Crippen LogP contribution in [0.4, 0.5) is 0 Å². The van der Waals surface area contributed by atoms with Crippen molar-refractivity contribution in [3.05, 3.63) is 0 Å². The molecule has 0 unspecified atom stereocenters. The molecule has 0 aromatic carbocycles. The molecule has 0 spiro atoms. The zero-order valence-electron chi connectivity index (χ0n) is 8.62. The van der Waals surface area contributed by atoms with Gasteiger partial charge in [-0.25, -0.2) is 8.42 Å². The van der Waals surface area contributed by atoms with Crippen molar-refractivity contribution >= 4 is 10.7 Å². The molecule has 13 heavy (non-hydrogen) atoms. The van der Waals surface area contributed by atoms with Gasteiger partial charge in [0.1, 0.15) is 10.7 Å². The number of likely N-dealkylation sites (tertiary alicyclic amines) is 1. The maximum absolute atomic E-state index is 10.4. The van der Waals surface area contributed by atoms with E-state index in [9.17, 15) is 8.42 Å². The smallest absolute Gasteiger partial charge is 0.140 e. The minimum absolute atomic E-state index is 0.324. The first-order chi connectivity index (χ1) is 5.87. The van der Waals surface area contributed by atoms with E-state index < -0.39 is 10.7 Å². The molecule has 0 bridgehead atoms. The van der Waals surface area contributed by atoms with Gasteiger partial charge in [0.2, 0.25) is 0 Å². The lowest BCUT2D eigenvalue weighted by Crippen LogP contribution is -2.51. The lowest BCUT2D eigenvalue weighted by Gasteiger charge is -2.41. The van der Waals surface area contributed by atoms with Gasteiger partial charge >= 0.3 is 0 Å². The predicted octanol–water partition coefficient (Wildman–Crippen LogP) is 0.576. The maximum Gasteiger partial charge on any atom is 0.140 e. The van der Waals surface area contributed by atoms with Gasteiger partial charge in [-0.15, -0.1) is 0 Å².